The predicted octanol–water partition coefficient (Wildman–Crippen LogP) is 4.69. The maximum Gasteiger partial charge on any atom is 0.261 e. The SMILES string of the molecule is CCOc1ccc([C@H](C)NC(=O)c2cccc(NS(=O)(=O)c3ccccc3)c2C)cc1. The summed E-state index contributed by atoms with van der Waals surface area (Å²) in [5.41, 5.74) is 2.27. The van der Waals surface area contributed by atoms with Crippen molar-refractivity contribution in [2.75, 3.05) is 11.3 Å². The van der Waals surface area contributed by atoms with Crippen molar-refractivity contribution in [3.63, 3.8) is 0 Å². The first-order valence-electron chi connectivity index (χ1n) is 10.0. The van der Waals surface area contributed by atoms with Gasteiger partial charge in [-0.2, -0.15) is 0 Å². The van der Waals surface area contributed by atoms with Crippen LogP contribution in [0.4, 0.5) is 5.69 Å². The molecule has 0 aliphatic rings. The highest BCUT2D eigenvalue weighted by molar-refractivity contribution is 7.92. The molecule has 0 saturated heterocycles. The summed E-state index contributed by atoms with van der Waals surface area (Å²) in [6.45, 7) is 6.13. The van der Waals surface area contributed by atoms with Crippen LogP contribution in [0.25, 0.3) is 0 Å². The highest BCUT2D eigenvalue weighted by Gasteiger charge is 2.19. The smallest absolute Gasteiger partial charge is 0.261 e. The van der Waals surface area contributed by atoms with Gasteiger partial charge in [0.1, 0.15) is 5.75 Å². The average molecular weight is 439 g/mol. The number of rotatable bonds is 8. The molecule has 0 aliphatic carbocycles. The average Bonchev–Trinajstić information content (AvgIpc) is 2.76. The Morgan fingerprint density at radius 3 is 2.29 bits per heavy atom. The summed E-state index contributed by atoms with van der Waals surface area (Å²) in [7, 11) is -3.75. The number of ether oxygens (including phenoxy) is 1. The number of hydrogen-bond donors (Lipinski definition) is 2. The molecule has 3 aromatic carbocycles. The zero-order chi connectivity index (χ0) is 22.4. The van der Waals surface area contributed by atoms with Crippen LogP contribution in [0.5, 0.6) is 5.75 Å². The summed E-state index contributed by atoms with van der Waals surface area (Å²) in [5.74, 6) is 0.499. The van der Waals surface area contributed by atoms with E-state index in [1.165, 1.54) is 12.1 Å². The van der Waals surface area contributed by atoms with E-state index in [0.29, 0.717) is 23.4 Å². The first-order valence-corrected chi connectivity index (χ1v) is 11.5. The molecule has 0 bridgehead atoms. The van der Waals surface area contributed by atoms with Crippen molar-refractivity contribution in [1.82, 2.24) is 5.32 Å². The third-order valence-electron chi connectivity index (χ3n) is 4.91. The summed E-state index contributed by atoms with van der Waals surface area (Å²) in [5, 5.41) is 2.97. The van der Waals surface area contributed by atoms with E-state index >= 15 is 0 Å². The molecule has 0 aliphatic heterocycles. The molecule has 7 heteroatoms. The molecule has 3 rings (SSSR count). The first kappa shape index (κ1) is 22.4. The van der Waals surface area contributed by atoms with Crippen molar-refractivity contribution in [2.45, 2.75) is 31.7 Å². The molecule has 1 amide bonds. The van der Waals surface area contributed by atoms with Gasteiger partial charge < -0.3 is 10.1 Å². The fourth-order valence-electron chi connectivity index (χ4n) is 3.17. The van der Waals surface area contributed by atoms with Crippen LogP contribution in [0.2, 0.25) is 0 Å². The lowest BCUT2D eigenvalue weighted by Crippen LogP contribution is -2.27. The van der Waals surface area contributed by atoms with E-state index in [1.807, 2.05) is 38.1 Å². The lowest BCUT2D eigenvalue weighted by Gasteiger charge is -2.17. The Labute approximate surface area is 183 Å². The Balaban J connectivity index is 1.76. The summed E-state index contributed by atoms with van der Waals surface area (Å²) in [4.78, 5) is 13.1. The molecule has 162 valence electrons. The number of anilines is 1. The van der Waals surface area contributed by atoms with Gasteiger partial charge in [0, 0.05) is 5.56 Å². The van der Waals surface area contributed by atoms with E-state index in [2.05, 4.69) is 10.0 Å². The predicted molar refractivity (Wildman–Crippen MR) is 122 cm³/mol. The minimum absolute atomic E-state index is 0.161. The molecule has 0 radical (unpaired) electrons. The number of carbonyl (C=O) groups is 1. The standard InChI is InChI=1S/C24H26N2O4S/c1-4-30-20-15-13-19(14-16-20)18(3)25-24(27)22-11-8-12-23(17(22)2)26-31(28,29)21-9-6-5-7-10-21/h5-16,18,26H,4H2,1-3H3,(H,25,27)/t18-/m0/s1. The van der Waals surface area contributed by atoms with Crippen LogP contribution in [-0.2, 0) is 10.0 Å². The van der Waals surface area contributed by atoms with Crippen molar-refractivity contribution in [3.05, 3.63) is 89.5 Å². The van der Waals surface area contributed by atoms with Crippen LogP contribution in [0.15, 0.2) is 77.7 Å². The maximum atomic E-state index is 12.9. The van der Waals surface area contributed by atoms with Crippen molar-refractivity contribution >= 4 is 21.6 Å². The normalized spacial score (nSPS) is 12.1. The van der Waals surface area contributed by atoms with Gasteiger partial charge in [0.2, 0.25) is 0 Å². The third-order valence-corrected chi connectivity index (χ3v) is 6.30. The van der Waals surface area contributed by atoms with Crippen LogP contribution >= 0.6 is 0 Å². The van der Waals surface area contributed by atoms with E-state index in [9.17, 15) is 13.2 Å². The van der Waals surface area contributed by atoms with Gasteiger partial charge in [-0.25, -0.2) is 8.42 Å². The lowest BCUT2D eigenvalue weighted by molar-refractivity contribution is 0.0939. The van der Waals surface area contributed by atoms with Gasteiger partial charge in [-0.15, -0.1) is 0 Å². The van der Waals surface area contributed by atoms with Gasteiger partial charge in [-0.05, 0) is 68.3 Å². The molecule has 0 fully saturated rings. The molecule has 0 aromatic heterocycles. The second kappa shape index (κ2) is 9.66. The number of benzene rings is 3. The Kier molecular flexibility index (Phi) is 6.97. The molecule has 0 spiro atoms. The van der Waals surface area contributed by atoms with Crippen LogP contribution < -0.4 is 14.8 Å². The highest BCUT2D eigenvalue weighted by Crippen LogP contribution is 2.24. The topological polar surface area (TPSA) is 84.5 Å². The molecule has 0 unspecified atom stereocenters. The van der Waals surface area contributed by atoms with Crippen LogP contribution in [0.3, 0.4) is 0 Å². The van der Waals surface area contributed by atoms with E-state index in [1.54, 1.807) is 43.3 Å². The molecular formula is C24H26N2O4S. The monoisotopic (exact) mass is 438 g/mol. The summed E-state index contributed by atoms with van der Waals surface area (Å²) in [6, 6.07) is 20.4. The maximum absolute atomic E-state index is 12.9. The number of carbonyl (C=O) groups excluding carboxylic acids is 1. The van der Waals surface area contributed by atoms with E-state index < -0.39 is 10.0 Å². The largest absolute Gasteiger partial charge is 0.494 e. The highest BCUT2D eigenvalue weighted by atomic mass is 32.2. The first-order chi connectivity index (χ1) is 14.8. The van der Waals surface area contributed by atoms with Crippen LogP contribution in [0, 0.1) is 6.92 Å². The number of nitrogens with one attached hydrogen (secondary N) is 2. The zero-order valence-corrected chi connectivity index (χ0v) is 18.6. The zero-order valence-electron chi connectivity index (χ0n) is 17.8. The second-order valence-corrected chi connectivity index (χ2v) is 8.78. The van der Waals surface area contributed by atoms with Gasteiger partial charge in [-0.1, -0.05) is 36.4 Å². The minimum Gasteiger partial charge on any atom is -0.494 e. The number of hydrogen-bond acceptors (Lipinski definition) is 4. The Bertz CT molecular complexity index is 1140. The molecule has 31 heavy (non-hydrogen) atoms. The van der Waals surface area contributed by atoms with E-state index in [-0.39, 0.29) is 16.8 Å². The second-order valence-electron chi connectivity index (χ2n) is 7.09. The van der Waals surface area contributed by atoms with Crippen molar-refractivity contribution in [1.29, 1.82) is 0 Å². The summed E-state index contributed by atoms with van der Waals surface area (Å²) < 4.78 is 33.3. The molecule has 1 atom stereocenters. The van der Waals surface area contributed by atoms with Crippen LogP contribution in [-0.4, -0.2) is 20.9 Å². The fraction of sp³-hybridized carbons (Fsp3) is 0.208. The Hall–Kier alpha value is -3.32. The third kappa shape index (κ3) is 5.44. The van der Waals surface area contributed by atoms with Gasteiger partial charge in [0.15, 0.2) is 0 Å². The van der Waals surface area contributed by atoms with Gasteiger partial charge >= 0.3 is 0 Å². The molecular weight excluding hydrogens is 412 g/mol. The fourth-order valence-corrected chi connectivity index (χ4v) is 4.32. The quantitative estimate of drug-likeness (QED) is 0.535. The van der Waals surface area contributed by atoms with Gasteiger partial charge in [-0.3, -0.25) is 9.52 Å². The van der Waals surface area contributed by atoms with E-state index in [4.69, 9.17) is 4.74 Å². The van der Waals surface area contributed by atoms with Gasteiger partial charge in [0.05, 0.1) is 23.2 Å². The molecule has 0 saturated carbocycles. The Morgan fingerprint density at radius 2 is 1.65 bits per heavy atom. The number of sulfonamides is 1. The summed E-state index contributed by atoms with van der Waals surface area (Å²) in [6.07, 6.45) is 0. The van der Waals surface area contributed by atoms with Crippen LogP contribution in [0.1, 0.15) is 41.4 Å². The minimum atomic E-state index is -3.75. The Morgan fingerprint density at radius 1 is 0.968 bits per heavy atom. The van der Waals surface area contributed by atoms with Crippen molar-refractivity contribution in [3.8, 4) is 5.75 Å². The van der Waals surface area contributed by atoms with Crippen molar-refractivity contribution < 1.29 is 17.9 Å². The molecule has 0 heterocycles. The summed E-state index contributed by atoms with van der Waals surface area (Å²) >= 11 is 0. The van der Waals surface area contributed by atoms with Crippen molar-refractivity contribution in [2.24, 2.45) is 0 Å². The molecule has 3 aromatic rings. The lowest BCUT2D eigenvalue weighted by atomic mass is 10.0. The van der Waals surface area contributed by atoms with Gasteiger partial charge in [0.25, 0.3) is 15.9 Å². The van der Waals surface area contributed by atoms with E-state index in [0.717, 1.165) is 11.3 Å². The molecule has 2 N–H and O–H groups in total. The molecule has 6 nitrogen and oxygen atoms in total. The number of amides is 1.